The highest BCUT2D eigenvalue weighted by atomic mass is 16.5. The summed E-state index contributed by atoms with van der Waals surface area (Å²) in [6.45, 7) is 10.6. The second kappa shape index (κ2) is 4.96. The molecule has 17 heavy (non-hydrogen) atoms. The molecule has 0 fully saturated rings. The van der Waals surface area contributed by atoms with Gasteiger partial charge in [0.25, 0.3) is 0 Å². The van der Waals surface area contributed by atoms with Gasteiger partial charge in [-0.2, -0.15) is 0 Å². The van der Waals surface area contributed by atoms with Crippen molar-refractivity contribution in [3.8, 4) is 0 Å². The van der Waals surface area contributed by atoms with Gasteiger partial charge in [-0.25, -0.2) is 10.2 Å². The summed E-state index contributed by atoms with van der Waals surface area (Å²) in [5.41, 5.74) is 6.33. The molecule has 0 spiro atoms. The predicted molar refractivity (Wildman–Crippen MR) is 67.3 cm³/mol. The molecule has 0 saturated heterocycles. The number of hydrogen-bond donors (Lipinski definition) is 3. The Labute approximate surface area is 103 Å². The van der Waals surface area contributed by atoms with E-state index in [0.717, 1.165) is 12.1 Å². The fourth-order valence-electron chi connectivity index (χ4n) is 2.29. The molecule has 0 aromatic carbocycles. The number of ether oxygens (including phenoxy) is 1. The number of rotatable bonds is 3. The molecule has 1 amide bonds. The fourth-order valence-corrected chi connectivity index (χ4v) is 2.29. The van der Waals surface area contributed by atoms with E-state index in [1.807, 2.05) is 0 Å². The summed E-state index contributed by atoms with van der Waals surface area (Å²) in [6, 6.07) is 0. The van der Waals surface area contributed by atoms with Crippen molar-refractivity contribution in [3.63, 3.8) is 0 Å². The Morgan fingerprint density at radius 2 is 2.12 bits per heavy atom. The number of hydrazine groups is 1. The van der Waals surface area contributed by atoms with Crippen LogP contribution in [0.2, 0.25) is 0 Å². The summed E-state index contributed by atoms with van der Waals surface area (Å²) in [7, 11) is 0. The Hall–Kier alpha value is -1.23. The van der Waals surface area contributed by atoms with Gasteiger partial charge in [0.15, 0.2) is 0 Å². The smallest absolute Gasteiger partial charge is 0.425 e. The van der Waals surface area contributed by atoms with Crippen LogP contribution in [0.25, 0.3) is 0 Å². The third kappa shape index (κ3) is 4.65. The summed E-state index contributed by atoms with van der Waals surface area (Å²) in [5, 5.41) is 3.51. The minimum absolute atomic E-state index is 0.00305. The van der Waals surface area contributed by atoms with E-state index in [-0.39, 0.29) is 11.1 Å². The van der Waals surface area contributed by atoms with E-state index < -0.39 is 6.09 Å². The van der Waals surface area contributed by atoms with Gasteiger partial charge in [0.05, 0.1) is 6.61 Å². The molecule has 1 rings (SSSR count). The van der Waals surface area contributed by atoms with Crippen molar-refractivity contribution in [2.24, 2.45) is 0 Å². The standard InChI is InChI=1S/C12H23N3O2/c1-6-17-10(16)14-13-9-7-11(2,3)15-12(4,5)8-9/h7,13,15H,6,8H2,1-5H3,(H,14,16). The van der Waals surface area contributed by atoms with Gasteiger partial charge in [-0.15, -0.1) is 0 Å². The molecule has 1 aliphatic rings. The van der Waals surface area contributed by atoms with Crippen molar-refractivity contribution in [1.29, 1.82) is 0 Å². The van der Waals surface area contributed by atoms with Crippen LogP contribution >= 0.6 is 0 Å². The van der Waals surface area contributed by atoms with E-state index in [4.69, 9.17) is 4.74 Å². The summed E-state index contributed by atoms with van der Waals surface area (Å²) >= 11 is 0. The molecule has 0 aliphatic carbocycles. The fraction of sp³-hybridized carbons (Fsp3) is 0.750. The lowest BCUT2D eigenvalue weighted by Gasteiger charge is -2.41. The Morgan fingerprint density at radius 1 is 1.47 bits per heavy atom. The van der Waals surface area contributed by atoms with Gasteiger partial charge in [-0.05, 0) is 40.7 Å². The average Bonchev–Trinajstić information content (AvgIpc) is 2.10. The van der Waals surface area contributed by atoms with Crippen molar-refractivity contribution in [2.75, 3.05) is 6.61 Å². The number of carbonyl (C=O) groups is 1. The van der Waals surface area contributed by atoms with Gasteiger partial charge in [0, 0.05) is 23.2 Å². The first-order valence-corrected chi connectivity index (χ1v) is 5.94. The van der Waals surface area contributed by atoms with Crippen LogP contribution < -0.4 is 16.2 Å². The van der Waals surface area contributed by atoms with Gasteiger partial charge >= 0.3 is 6.09 Å². The number of nitrogens with one attached hydrogen (secondary N) is 3. The van der Waals surface area contributed by atoms with Crippen LogP contribution in [0.3, 0.4) is 0 Å². The highest BCUT2D eigenvalue weighted by molar-refractivity contribution is 5.66. The third-order valence-corrected chi connectivity index (χ3v) is 2.43. The molecule has 98 valence electrons. The Morgan fingerprint density at radius 3 is 2.65 bits per heavy atom. The van der Waals surface area contributed by atoms with Gasteiger partial charge < -0.3 is 15.5 Å². The normalized spacial score (nSPS) is 21.4. The van der Waals surface area contributed by atoms with Crippen molar-refractivity contribution < 1.29 is 9.53 Å². The molecular weight excluding hydrogens is 218 g/mol. The second-order valence-electron chi connectivity index (χ2n) is 5.55. The number of carbonyl (C=O) groups excluding carboxylic acids is 1. The molecule has 0 unspecified atom stereocenters. The van der Waals surface area contributed by atoms with Crippen LogP contribution in [-0.4, -0.2) is 23.8 Å². The molecule has 1 heterocycles. The molecule has 0 aromatic heterocycles. The first kappa shape index (κ1) is 13.8. The lowest BCUT2D eigenvalue weighted by Crippen LogP contribution is -2.56. The van der Waals surface area contributed by atoms with E-state index in [2.05, 4.69) is 49.9 Å². The molecule has 3 N–H and O–H groups in total. The van der Waals surface area contributed by atoms with Crippen molar-refractivity contribution in [1.82, 2.24) is 16.2 Å². The number of hydrogen-bond acceptors (Lipinski definition) is 4. The SMILES string of the molecule is CCOC(=O)NNC1=CC(C)(C)NC(C)(C)C1. The largest absolute Gasteiger partial charge is 0.449 e. The maximum Gasteiger partial charge on any atom is 0.425 e. The first-order chi connectivity index (χ1) is 7.74. The quantitative estimate of drug-likeness (QED) is 0.658. The van der Waals surface area contributed by atoms with Crippen molar-refractivity contribution in [3.05, 3.63) is 11.8 Å². The molecule has 0 bridgehead atoms. The van der Waals surface area contributed by atoms with Crippen LogP contribution in [0.15, 0.2) is 11.8 Å². The number of amides is 1. The molecule has 0 aromatic rings. The van der Waals surface area contributed by atoms with Crippen molar-refractivity contribution >= 4 is 6.09 Å². The summed E-state index contributed by atoms with van der Waals surface area (Å²) < 4.78 is 4.78. The lowest BCUT2D eigenvalue weighted by atomic mass is 9.87. The maximum atomic E-state index is 11.2. The van der Waals surface area contributed by atoms with Gasteiger partial charge in [0.1, 0.15) is 0 Å². The third-order valence-electron chi connectivity index (χ3n) is 2.43. The van der Waals surface area contributed by atoms with Gasteiger partial charge in [-0.3, -0.25) is 0 Å². The summed E-state index contributed by atoms with van der Waals surface area (Å²) in [6.07, 6.45) is 2.44. The highest BCUT2D eigenvalue weighted by Gasteiger charge is 2.32. The average molecular weight is 241 g/mol. The molecular formula is C12H23N3O2. The Balaban J connectivity index is 2.58. The van der Waals surface area contributed by atoms with Crippen LogP contribution in [0.5, 0.6) is 0 Å². The minimum Gasteiger partial charge on any atom is -0.449 e. The van der Waals surface area contributed by atoms with Gasteiger partial charge in [0.2, 0.25) is 0 Å². The topological polar surface area (TPSA) is 62.4 Å². The molecule has 5 heteroatoms. The predicted octanol–water partition coefficient (Wildman–Crippen LogP) is 1.67. The Bertz CT molecular complexity index is 322. The van der Waals surface area contributed by atoms with Crippen LogP contribution in [0.4, 0.5) is 4.79 Å². The van der Waals surface area contributed by atoms with E-state index in [0.29, 0.717) is 6.61 Å². The minimum atomic E-state index is -0.456. The second-order valence-corrected chi connectivity index (χ2v) is 5.55. The van der Waals surface area contributed by atoms with Crippen LogP contribution in [0.1, 0.15) is 41.0 Å². The summed E-state index contributed by atoms with van der Waals surface area (Å²) in [4.78, 5) is 11.2. The van der Waals surface area contributed by atoms with E-state index in [1.54, 1.807) is 6.92 Å². The Kier molecular flexibility index (Phi) is 4.03. The molecule has 0 atom stereocenters. The zero-order chi connectivity index (χ0) is 13.1. The zero-order valence-corrected chi connectivity index (χ0v) is 11.3. The lowest BCUT2D eigenvalue weighted by molar-refractivity contribution is 0.147. The van der Waals surface area contributed by atoms with Crippen LogP contribution in [-0.2, 0) is 4.74 Å². The van der Waals surface area contributed by atoms with E-state index in [1.165, 1.54) is 0 Å². The van der Waals surface area contributed by atoms with E-state index >= 15 is 0 Å². The molecule has 5 nitrogen and oxygen atoms in total. The van der Waals surface area contributed by atoms with Gasteiger partial charge in [-0.1, -0.05) is 0 Å². The molecule has 0 radical (unpaired) electrons. The van der Waals surface area contributed by atoms with E-state index in [9.17, 15) is 4.79 Å². The monoisotopic (exact) mass is 241 g/mol. The maximum absolute atomic E-state index is 11.2. The summed E-state index contributed by atoms with van der Waals surface area (Å²) in [5.74, 6) is 0. The van der Waals surface area contributed by atoms with Crippen LogP contribution in [0, 0.1) is 0 Å². The molecule has 0 saturated carbocycles. The first-order valence-electron chi connectivity index (χ1n) is 5.94. The molecule has 1 aliphatic heterocycles. The highest BCUT2D eigenvalue weighted by Crippen LogP contribution is 2.25. The van der Waals surface area contributed by atoms with Crippen molar-refractivity contribution in [2.45, 2.75) is 52.1 Å². The zero-order valence-electron chi connectivity index (χ0n) is 11.3.